The second-order valence-electron chi connectivity index (χ2n) is 5.02. The van der Waals surface area contributed by atoms with Crippen molar-refractivity contribution in [3.8, 4) is 11.5 Å². The molecule has 3 N–H and O–H groups in total. The van der Waals surface area contributed by atoms with E-state index in [4.69, 9.17) is 0 Å². The van der Waals surface area contributed by atoms with Crippen molar-refractivity contribution >= 4 is 14.2 Å². The molecule has 1 aliphatic rings. The third-order valence-electron chi connectivity index (χ3n) is 3.61. The number of hydrogen-bond donors (Lipinski definition) is 3. The highest BCUT2D eigenvalue weighted by Gasteiger charge is 2.28. The third kappa shape index (κ3) is 3.04. The Morgan fingerprint density at radius 1 is 1.39 bits per heavy atom. The Labute approximate surface area is 110 Å². The van der Waals surface area contributed by atoms with Crippen molar-refractivity contribution in [1.29, 1.82) is 0 Å². The lowest BCUT2D eigenvalue weighted by molar-refractivity contribution is 0.402. The van der Waals surface area contributed by atoms with Crippen molar-refractivity contribution in [3.05, 3.63) is 23.8 Å². The first-order valence-corrected chi connectivity index (χ1v) is 6.87. The van der Waals surface area contributed by atoms with Gasteiger partial charge < -0.3 is 15.5 Å². The van der Waals surface area contributed by atoms with Crippen molar-refractivity contribution < 1.29 is 10.2 Å². The summed E-state index contributed by atoms with van der Waals surface area (Å²) in [5.74, 6) is 0.342. The number of aromatic hydroxyl groups is 2. The van der Waals surface area contributed by atoms with Crippen LogP contribution in [0.2, 0.25) is 0 Å². The van der Waals surface area contributed by atoms with Crippen LogP contribution in [0.4, 0.5) is 0 Å². The van der Waals surface area contributed by atoms with Gasteiger partial charge in [-0.25, -0.2) is 0 Å². The van der Waals surface area contributed by atoms with Gasteiger partial charge in [-0.1, -0.05) is 11.4 Å². The largest absolute Gasteiger partial charge is 0.504 e. The average molecular weight is 265 g/mol. The molecule has 4 heteroatoms. The van der Waals surface area contributed by atoms with E-state index in [2.05, 4.69) is 21.1 Å². The fraction of sp³-hybridized carbons (Fsp3) is 0.500. The van der Waals surface area contributed by atoms with Crippen molar-refractivity contribution in [2.24, 2.45) is 0 Å². The van der Waals surface area contributed by atoms with Gasteiger partial charge in [-0.2, -0.15) is 0 Å². The number of phenols is 2. The van der Waals surface area contributed by atoms with Gasteiger partial charge in [0.1, 0.15) is 0 Å². The lowest BCUT2D eigenvalue weighted by atomic mass is 9.89. The molecule has 0 bridgehead atoms. The molecule has 0 amide bonds. The van der Waals surface area contributed by atoms with Gasteiger partial charge in [-0.3, -0.25) is 0 Å². The number of nitrogens with one attached hydrogen (secondary N) is 1. The Bertz CT molecular complexity index is 447. The molecule has 1 unspecified atom stereocenters. The Morgan fingerprint density at radius 3 is 2.83 bits per heavy atom. The number of rotatable bonds is 4. The molecule has 0 spiro atoms. The highest BCUT2D eigenvalue weighted by Crippen LogP contribution is 2.34. The maximum atomic E-state index is 9.58. The molecular weight excluding hydrogens is 245 g/mol. The maximum Gasteiger partial charge on any atom is 0.157 e. The molecule has 0 radical (unpaired) electrons. The van der Waals surface area contributed by atoms with Gasteiger partial charge in [0.2, 0.25) is 0 Å². The van der Waals surface area contributed by atoms with E-state index >= 15 is 0 Å². The van der Waals surface area contributed by atoms with E-state index in [-0.39, 0.29) is 11.5 Å². The fourth-order valence-electron chi connectivity index (χ4n) is 2.61. The first kappa shape index (κ1) is 13.4. The standard InChI is InChI=1S/C14H20NO2P/c1-9(18)2-4-12-11(6-7-15-12)10-3-5-13(16)14(17)8-10/h3,5,8,11-12,15-18H,2,4,6-7H2,1H3/t11?,12-/m0/s1. The highest BCUT2D eigenvalue weighted by molar-refractivity contribution is 7.20. The summed E-state index contributed by atoms with van der Waals surface area (Å²) in [6, 6.07) is 5.61. The van der Waals surface area contributed by atoms with Gasteiger partial charge in [0.25, 0.3) is 0 Å². The molecule has 98 valence electrons. The smallest absolute Gasteiger partial charge is 0.157 e. The van der Waals surface area contributed by atoms with Crippen LogP contribution in [0.15, 0.2) is 18.2 Å². The molecule has 1 fully saturated rings. The fourth-order valence-corrected chi connectivity index (χ4v) is 2.76. The number of benzene rings is 1. The zero-order valence-electron chi connectivity index (χ0n) is 10.6. The predicted molar refractivity (Wildman–Crippen MR) is 77.2 cm³/mol. The van der Waals surface area contributed by atoms with Crippen LogP contribution in [0.25, 0.3) is 0 Å². The molecule has 18 heavy (non-hydrogen) atoms. The van der Waals surface area contributed by atoms with Crippen LogP contribution >= 0.6 is 8.86 Å². The molecule has 1 aromatic carbocycles. The van der Waals surface area contributed by atoms with Gasteiger partial charge >= 0.3 is 0 Å². The van der Waals surface area contributed by atoms with Crippen molar-refractivity contribution in [1.82, 2.24) is 5.32 Å². The molecule has 2 atom stereocenters. The topological polar surface area (TPSA) is 52.5 Å². The minimum Gasteiger partial charge on any atom is -0.504 e. The van der Waals surface area contributed by atoms with Crippen LogP contribution in [-0.4, -0.2) is 28.1 Å². The van der Waals surface area contributed by atoms with E-state index in [1.54, 1.807) is 12.1 Å². The predicted octanol–water partition coefficient (Wildman–Crippen LogP) is 2.66. The molecule has 1 heterocycles. The van der Waals surface area contributed by atoms with E-state index in [0.29, 0.717) is 12.0 Å². The molecular formula is C14H20NO2P. The normalized spacial score (nSPS) is 23.2. The van der Waals surface area contributed by atoms with Crippen molar-refractivity contribution in [2.45, 2.75) is 38.1 Å². The molecule has 2 rings (SSSR count). The summed E-state index contributed by atoms with van der Waals surface area (Å²) in [5, 5.41) is 23.7. The lowest BCUT2D eigenvalue weighted by Crippen LogP contribution is -2.26. The van der Waals surface area contributed by atoms with Gasteiger partial charge in [0, 0.05) is 12.0 Å². The van der Waals surface area contributed by atoms with Crippen LogP contribution in [-0.2, 0) is 0 Å². The van der Waals surface area contributed by atoms with E-state index in [1.807, 2.05) is 6.07 Å². The van der Waals surface area contributed by atoms with E-state index in [0.717, 1.165) is 31.4 Å². The minimum atomic E-state index is -0.0504. The lowest BCUT2D eigenvalue weighted by Gasteiger charge is -2.20. The van der Waals surface area contributed by atoms with Crippen molar-refractivity contribution in [2.75, 3.05) is 6.54 Å². The van der Waals surface area contributed by atoms with E-state index in [9.17, 15) is 10.2 Å². The maximum absolute atomic E-state index is 9.58. The Morgan fingerprint density at radius 2 is 2.17 bits per heavy atom. The molecule has 1 saturated heterocycles. The Balaban J connectivity index is 2.10. The molecule has 0 aliphatic carbocycles. The zero-order chi connectivity index (χ0) is 13.1. The monoisotopic (exact) mass is 265 g/mol. The highest BCUT2D eigenvalue weighted by atomic mass is 31.0. The van der Waals surface area contributed by atoms with Gasteiger partial charge in [0.05, 0.1) is 0 Å². The van der Waals surface area contributed by atoms with Crippen LogP contribution in [0, 0.1) is 0 Å². The first-order chi connectivity index (χ1) is 8.58. The SMILES string of the molecule is CC(=P)CC[C@@H]1NCCC1c1ccc(O)c(O)c1. The molecule has 1 aliphatic heterocycles. The summed E-state index contributed by atoms with van der Waals surface area (Å²) in [5.41, 5.74) is 1.10. The van der Waals surface area contributed by atoms with Gasteiger partial charge in [-0.05, 0) is 50.4 Å². The Hall–Kier alpha value is -1.05. The molecule has 1 aromatic rings. The second-order valence-corrected chi connectivity index (χ2v) is 5.88. The zero-order valence-corrected chi connectivity index (χ0v) is 11.6. The average Bonchev–Trinajstić information content (AvgIpc) is 2.78. The molecule has 0 aromatic heterocycles. The third-order valence-corrected chi connectivity index (χ3v) is 3.86. The van der Waals surface area contributed by atoms with Crippen molar-refractivity contribution in [3.63, 3.8) is 0 Å². The first-order valence-electron chi connectivity index (χ1n) is 6.37. The second kappa shape index (κ2) is 5.73. The van der Waals surface area contributed by atoms with Gasteiger partial charge in [0.15, 0.2) is 11.5 Å². The summed E-state index contributed by atoms with van der Waals surface area (Å²) in [4.78, 5) is 0. The quantitative estimate of drug-likeness (QED) is 0.579. The molecule has 3 nitrogen and oxygen atoms in total. The van der Waals surface area contributed by atoms with Crippen LogP contribution in [0.1, 0.15) is 37.7 Å². The van der Waals surface area contributed by atoms with E-state index < -0.39 is 0 Å². The summed E-state index contributed by atoms with van der Waals surface area (Å²) < 4.78 is 0. The van der Waals surface area contributed by atoms with E-state index in [1.165, 1.54) is 5.29 Å². The number of phenolic OH excluding ortho intramolecular Hbond substituents is 2. The summed E-state index contributed by atoms with van der Waals surface area (Å²) in [6.45, 7) is 3.09. The van der Waals surface area contributed by atoms with Crippen LogP contribution < -0.4 is 5.32 Å². The molecule has 0 saturated carbocycles. The van der Waals surface area contributed by atoms with Crippen LogP contribution in [0.5, 0.6) is 11.5 Å². The number of hydrogen-bond acceptors (Lipinski definition) is 3. The Kier molecular flexibility index (Phi) is 4.26. The summed E-state index contributed by atoms with van der Waals surface area (Å²) in [7, 11) is 3.54. The summed E-state index contributed by atoms with van der Waals surface area (Å²) >= 11 is 0. The minimum absolute atomic E-state index is 0.0268. The van der Waals surface area contributed by atoms with Gasteiger partial charge in [-0.15, -0.1) is 8.86 Å². The van der Waals surface area contributed by atoms with Crippen LogP contribution in [0.3, 0.4) is 0 Å². The summed E-state index contributed by atoms with van der Waals surface area (Å²) in [6.07, 6.45) is 3.21.